The summed E-state index contributed by atoms with van der Waals surface area (Å²) in [4.78, 5) is 21.0. The molecule has 1 saturated carbocycles. The van der Waals surface area contributed by atoms with Crippen LogP contribution >= 0.6 is 0 Å². The molecule has 3 aromatic rings. The largest absolute Gasteiger partial charge is 0.381 e. The van der Waals surface area contributed by atoms with E-state index < -0.39 is 0 Å². The van der Waals surface area contributed by atoms with Crippen LogP contribution in [0.1, 0.15) is 84.8 Å². The van der Waals surface area contributed by atoms with Crippen LogP contribution in [-0.2, 0) is 4.74 Å². The Bertz CT molecular complexity index is 1130. The molecule has 3 heterocycles. The predicted octanol–water partition coefficient (Wildman–Crippen LogP) is 5.19. The molecule has 1 saturated heterocycles. The van der Waals surface area contributed by atoms with Crippen molar-refractivity contribution in [3.8, 4) is 0 Å². The quantitative estimate of drug-likeness (QED) is 0.553. The summed E-state index contributed by atoms with van der Waals surface area (Å²) in [6.07, 6.45) is 7.18. The molecule has 0 spiro atoms. The summed E-state index contributed by atoms with van der Waals surface area (Å²) in [7, 11) is 0. The number of amides is 1. The van der Waals surface area contributed by atoms with Crippen molar-refractivity contribution < 1.29 is 18.4 Å². The highest BCUT2D eigenvalue weighted by atomic mass is 19.1. The number of fused-ring (bicyclic) bond motifs is 1. The molecule has 33 heavy (non-hydrogen) atoms. The Labute approximate surface area is 192 Å². The van der Waals surface area contributed by atoms with Gasteiger partial charge in [-0.2, -0.15) is 0 Å². The van der Waals surface area contributed by atoms with Crippen molar-refractivity contribution in [3.05, 3.63) is 46.9 Å². The van der Waals surface area contributed by atoms with Gasteiger partial charge in [-0.05, 0) is 62.0 Å². The number of benzene rings is 1. The topological polar surface area (TPSA) is 93.0 Å². The van der Waals surface area contributed by atoms with Crippen molar-refractivity contribution in [1.82, 2.24) is 20.4 Å². The monoisotopic (exact) mass is 454 g/mol. The number of imidazole rings is 1. The molecule has 5 rings (SSSR count). The number of nitrogens with one attached hydrogen (secondary N) is 2. The van der Waals surface area contributed by atoms with E-state index in [1.807, 2.05) is 12.1 Å². The van der Waals surface area contributed by atoms with E-state index in [1.54, 1.807) is 6.92 Å². The molecule has 2 N–H and O–H groups in total. The minimum atomic E-state index is -0.336. The number of halogens is 1. The number of hydrogen-bond acceptors (Lipinski definition) is 5. The van der Waals surface area contributed by atoms with Gasteiger partial charge in [0.05, 0.1) is 17.3 Å². The zero-order valence-electron chi connectivity index (χ0n) is 19.2. The number of aryl methyl sites for hydroxylation is 1. The van der Waals surface area contributed by atoms with Gasteiger partial charge in [-0.25, -0.2) is 9.37 Å². The molecule has 8 heteroatoms. The normalized spacial score (nSPS) is 23.0. The van der Waals surface area contributed by atoms with Crippen LogP contribution in [0, 0.1) is 24.6 Å². The Balaban J connectivity index is 1.48. The summed E-state index contributed by atoms with van der Waals surface area (Å²) in [6, 6.07) is 3.44. The predicted molar refractivity (Wildman–Crippen MR) is 121 cm³/mol. The number of rotatable bonds is 5. The third kappa shape index (κ3) is 4.40. The minimum Gasteiger partial charge on any atom is -0.381 e. The summed E-state index contributed by atoms with van der Waals surface area (Å²) in [5.74, 6) is 1.14. The summed E-state index contributed by atoms with van der Waals surface area (Å²) in [6.45, 7) is 5.32. The van der Waals surface area contributed by atoms with E-state index in [-0.39, 0.29) is 29.6 Å². The Morgan fingerprint density at radius 2 is 1.94 bits per heavy atom. The molecule has 176 valence electrons. The fourth-order valence-electron chi connectivity index (χ4n) is 5.31. The first kappa shape index (κ1) is 22.1. The summed E-state index contributed by atoms with van der Waals surface area (Å²) in [5.41, 5.74) is 2.66. The van der Waals surface area contributed by atoms with Crippen LogP contribution in [0.4, 0.5) is 4.39 Å². The Kier molecular flexibility index (Phi) is 6.19. The first-order chi connectivity index (χ1) is 16.0. The van der Waals surface area contributed by atoms with E-state index in [0.717, 1.165) is 38.5 Å². The zero-order valence-corrected chi connectivity index (χ0v) is 19.2. The SMILES string of the molecule is Cc1nocc1C(=O)N[C@H](c1nc2c(F)c(C3CCOCC3)ccc2[nH]1)C1CCC(C)CC1. The van der Waals surface area contributed by atoms with Crippen LogP contribution in [0.3, 0.4) is 0 Å². The number of ether oxygens (including phenoxy) is 1. The van der Waals surface area contributed by atoms with Gasteiger partial charge in [-0.1, -0.05) is 31.0 Å². The maximum absolute atomic E-state index is 15.5. The molecule has 2 fully saturated rings. The fraction of sp³-hybridized carbons (Fsp3) is 0.560. The van der Waals surface area contributed by atoms with Gasteiger partial charge < -0.3 is 19.6 Å². The van der Waals surface area contributed by atoms with Gasteiger partial charge in [0.25, 0.3) is 5.91 Å². The van der Waals surface area contributed by atoms with Crippen LogP contribution in [0.2, 0.25) is 0 Å². The van der Waals surface area contributed by atoms with Crippen molar-refractivity contribution in [2.75, 3.05) is 13.2 Å². The summed E-state index contributed by atoms with van der Waals surface area (Å²) >= 11 is 0. The third-order valence-corrected chi connectivity index (χ3v) is 7.41. The molecule has 1 atom stereocenters. The van der Waals surface area contributed by atoms with Gasteiger partial charge in [0, 0.05) is 13.2 Å². The molecule has 1 amide bonds. The number of carbonyl (C=O) groups excluding carboxylic acids is 1. The number of H-pyrrole nitrogens is 1. The fourth-order valence-corrected chi connectivity index (χ4v) is 5.31. The molecular weight excluding hydrogens is 423 g/mol. The molecule has 2 aliphatic rings. The highest BCUT2D eigenvalue weighted by Crippen LogP contribution is 2.38. The number of nitrogens with zero attached hydrogens (tertiary/aromatic N) is 2. The van der Waals surface area contributed by atoms with Gasteiger partial charge in [0.1, 0.15) is 23.2 Å². The lowest BCUT2D eigenvalue weighted by Gasteiger charge is -2.32. The van der Waals surface area contributed by atoms with E-state index >= 15 is 4.39 Å². The molecule has 7 nitrogen and oxygen atoms in total. The van der Waals surface area contributed by atoms with E-state index in [2.05, 4.69) is 22.4 Å². The van der Waals surface area contributed by atoms with Crippen LogP contribution < -0.4 is 5.32 Å². The average Bonchev–Trinajstić information content (AvgIpc) is 3.46. The molecule has 0 unspecified atom stereocenters. The molecular formula is C25H31FN4O3. The lowest BCUT2D eigenvalue weighted by molar-refractivity contribution is 0.0846. The highest BCUT2D eigenvalue weighted by Gasteiger charge is 2.32. The lowest BCUT2D eigenvalue weighted by atomic mass is 9.79. The highest BCUT2D eigenvalue weighted by molar-refractivity contribution is 5.95. The maximum atomic E-state index is 15.5. The van der Waals surface area contributed by atoms with Gasteiger partial charge >= 0.3 is 0 Å². The van der Waals surface area contributed by atoms with E-state index in [1.165, 1.54) is 6.26 Å². The van der Waals surface area contributed by atoms with Gasteiger partial charge in [-0.3, -0.25) is 4.79 Å². The van der Waals surface area contributed by atoms with Gasteiger partial charge in [-0.15, -0.1) is 0 Å². The second-order valence-electron chi connectivity index (χ2n) is 9.66. The van der Waals surface area contributed by atoms with Crippen molar-refractivity contribution >= 4 is 16.9 Å². The number of aromatic amines is 1. The van der Waals surface area contributed by atoms with Crippen molar-refractivity contribution in [3.63, 3.8) is 0 Å². The lowest BCUT2D eigenvalue weighted by Crippen LogP contribution is -2.36. The Morgan fingerprint density at radius 1 is 1.18 bits per heavy atom. The summed E-state index contributed by atoms with van der Waals surface area (Å²) in [5, 5.41) is 6.97. The second kappa shape index (κ2) is 9.25. The Hall–Kier alpha value is -2.74. The molecule has 2 aromatic heterocycles. The summed E-state index contributed by atoms with van der Waals surface area (Å²) < 4.78 is 25.9. The van der Waals surface area contributed by atoms with Gasteiger partial charge in [0.15, 0.2) is 5.82 Å². The first-order valence-corrected chi connectivity index (χ1v) is 12.0. The van der Waals surface area contributed by atoms with E-state index in [9.17, 15) is 4.79 Å². The first-order valence-electron chi connectivity index (χ1n) is 12.0. The second-order valence-corrected chi connectivity index (χ2v) is 9.66. The average molecular weight is 455 g/mol. The van der Waals surface area contributed by atoms with Crippen molar-refractivity contribution in [1.29, 1.82) is 0 Å². The van der Waals surface area contributed by atoms with Crippen LogP contribution in [0.25, 0.3) is 11.0 Å². The molecule has 0 radical (unpaired) electrons. The van der Waals surface area contributed by atoms with Crippen molar-refractivity contribution in [2.24, 2.45) is 11.8 Å². The van der Waals surface area contributed by atoms with Gasteiger partial charge in [0.2, 0.25) is 0 Å². The van der Waals surface area contributed by atoms with Crippen LogP contribution in [0.5, 0.6) is 0 Å². The Morgan fingerprint density at radius 3 is 2.64 bits per heavy atom. The smallest absolute Gasteiger partial charge is 0.257 e. The molecule has 0 bridgehead atoms. The molecule has 1 aromatic carbocycles. The standard InChI is InChI=1S/C25H31FN4O3/c1-14-3-5-17(6-4-14)22(29-25(31)19-13-33-30-15(19)2)24-27-20-8-7-18(21(26)23(20)28-24)16-9-11-32-12-10-16/h7-8,13-14,16-17,22H,3-6,9-12H2,1-2H3,(H,27,28)(H,29,31)/t14?,17?,22-/m0/s1. The minimum absolute atomic E-state index is 0.148. The number of aromatic nitrogens is 3. The number of hydrogen-bond donors (Lipinski definition) is 2. The molecule has 1 aliphatic heterocycles. The van der Waals surface area contributed by atoms with Crippen molar-refractivity contribution in [2.45, 2.75) is 64.3 Å². The van der Waals surface area contributed by atoms with Crippen LogP contribution in [-0.4, -0.2) is 34.2 Å². The third-order valence-electron chi connectivity index (χ3n) is 7.41. The van der Waals surface area contributed by atoms with E-state index in [4.69, 9.17) is 14.2 Å². The maximum Gasteiger partial charge on any atom is 0.257 e. The van der Waals surface area contributed by atoms with E-state index in [0.29, 0.717) is 52.8 Å². The van der Waals surface area contributed by atoms with Crippen LogP contribution in [0.15, 0.2) is 22.9 Å². The zero-order chi connectivity index (χ0) is 22.9. The number of carbonyl (C=O) groups is 1. The molecule has 1 aliphatic carbocycles.